The first kappa shape index (κ1) is 34.8. The van der Waals surface area contributed by atoms with Gasteiger partial charge < -0.3 is 20.6 Å². The quantitative estimate of drug-likeness (QED) is 0.0737. The molecule has 0 aliphatic heterocycles. The van der Waals surface area contributed by atoms with Crippen molar-refractivity contribution in [2.75, 3.05) is 6.61 Å². The van der Waals surface area contributed by atoms with Gasteiger partial charge in [-0.15, -0.1) is 0 Å². The van der Waals surface area contributed by atoms with Gasteiger partial charge >= 0.3 is 0 Å². The van der Waals surface area contributed by atoms with Crippen LogP contribution in [0.1, 0.15) is 142 Å². The second kappa shape index (κ2) is 26.9. The van der Waals surface area contributed by atoms with Crippen LogP contribution >= 0.6 is 0 Å². The number of carbonyl (C=O) groups excluding carboxylic acids is 1. The van der Waals surface area contributed by atoms with Crippen LogP contribution in [-0.2, 0) is 4.79 Å². The van der Waals surface area contributed by atoms with Gasteiger partial charge in [0, 0.05) is 0 Å². The van der Waals surface area contributed by atoms with Gasteiger partial charge in [-0.2, -0.15) is 0 Å². The van der Waals surface area contributed by atoms with Crippen molar-refractivity contribution in [3.05, 3.63) is 24.3 Å². The summed E-state index contributed by atoms with van der Waals surface area (Å²) in [4.78, 5) is 12.2. The summed E-state index contributed by atoms with van der Waals surface area (Å²) in [7, 11) is 0. The summed E-state index contributed by atoms with van der Waals surface area (Å²) in [6.07, 6.45) is 28.7. The molecule has 1 amide bonds. The Balaban J connectivity index is 3.84. The maximum atomic E-state index is 12.2. The third-order valence-electron chi connectivity index (χ3n) is 6.74. The lowest BCUT2D eigenvalue weighted by molar-refractivity contribution is -0.124. The molecule has 0 radical (unpaired) electrons. The molecule has 0 heterocycles. The van der Waals surface area contributed by atoms with Crippen molar-refractivity contribution >= 4 is 5.91 Å². The summed E-state index contributed by atoms with van der Waals surface area (Å²) in [6, 6.07) is -0.753. The molecule has 3 unspecified atom stereocenters. The second-order valence-electron chi connectivity index (χ2n) is 10.4. The van der Waals surface area contributed by atoms with E-state index in [-0.39, 0.29) is 18.9 Å². The molecule has 0 spiro atoms. The highest BCUT2D eigenvalue weighted by molar-refractivity contribution is 5.76. The third kappa shape index (κ3) is 23.2. The van der Waals surface area contributed by atoms with Crippen LogP contribution < -0.4 is 5.32 Å². The molecule has 0 aliphatic carbocycles. The Morgan fingerprint density at radius 2 is 1.19 bits per heavy atom. The van der Waals surface area contributed by atoms with Gasteiger partial charge in [0.05, 0.1) is 31.3 Å². The summed E-state index contributed by atoms with van der Waals surface area (Å²) in [5.74, 6) is -0.331. The first-order chi connectivity index (χ1) is 17.5. The van der Waals surface area contributed by atoms with Gasteiger partial charge in [-0.05, 0) is 32.1 Å². The predicted octanol–water partition coefficient (Wildman–Crippen LogP) is 7.14. The van der Waals surface area contributed by atoms with Crippen molar-refractivity contribution in [2.24, 2.45) is 0 Å². The summed E-state index contributed by atoms with van der Waals surface area (Å²) >= 11 is 0. The van der Waals surface area contributed by atoms with E-state index in [1.807, 2.05) is 6.08 Å². The minimum Gasteiger partial charge on any atom is -0.394 e. The summed E-state index contributed by atoms with van der Waals surface area (Å²) in [5, 5.41) is 32.7. The summed E-state index contributed by atoms with van der Waals surface area (Å²) < 4.78 is 0. The number of nitrogens with one attached hydrogen (secondary N) is 1. The third-order valence-corrected chi connectivity index (χ3v) is 6.74. The minimum absolute atomic E-state index is 0.00773. The van der Waals surface area contributed by atoms with Crippen LogP contribution in [0.5, 0.6) is 0 Å². The topological polar surface area (TPSA) is 89.8 Å². The molecule has 0 aromatic carbocycles. The molecule has 0 rings (SSSR count). The van der Waals surface area contributed by atoms with Gasteiger partial charge in [0.1, 0.15) is 0 Å². The molecule has 0 saturated heterocycles. The molecule has 212 valence electrons. The smallest absolute Gasteiger partial charge is 0.222 e. The van der Waals surface area contributed by atoms with Gasteiger partial charge in [0.2, 0.25) is 5.91 Å². The Labute approximate surface area is 222 Å². The molecule has 0 saturated carbocycles. The molecule has 0 fully saturated rings. The first-order valence-corrected chi connectivity index (χ1v) is 15.1. The van der Waals surface area contributed by atoms with Crippen LogP contribution in [0.3, 0.4) is 0 Å². The number of hydrogen-bond acceptors (Lipinski definition) is 4. The molecular weight excluding hydrogens is 450 g/mol. The van der Waals surface area contributed by atoms with Crippen molar-refractivity contribution in [1.29, 1.82) is 0 Å². The first-order valence-electron chi connectivity index (χ1n) is 15.1. The highest BCUT2D eigenvalue weighted by atomic mass is 16.3. The number of hydrogen-bond donors (Lipinski definition) is 4. The highest BCUT2D eigenvalue weighted by Gasteiger charge is 2.19. The molecule has 4 N–H and O–H groups in total. The van der Waals surface area contributed by atoms with Crippen LogP contribution in [0.2, 0.25) is 0 Å². The van der Waals surface area contributed by atoms with E-state index in [1.165, 1.54) is 83.5 Å². The van der Waals surface area contributed by atoms with E-state index in [9.17, 15) is 20.1 Å². The number of unbranched alkanes of at least 4 members (excludes halogenated alkanes) is 15. The maximum absolute atomic E-state index is 12.2. The minimum atomic E-state index is -0.944. The fourth-order valence-corrected chi connectivity index (χ4v) is 4.35. The molecule has 5 heteroatoms. The molecule has 5 nitrogen and oxygen atoms in total. The maximum Gasteiger partial charge on any atom is 0.222 e. The van der Waals surface area contributed by atoms with E-state index in [4.69, 9.17) is 0 Å². The van der Waals surface area contributed by atoms with E-state index in [0.717, 1.165) is 32.1 Å². The second-order valence-corrected chi connectivity index (χ2v) is 10.4. The molecule has 0 bridgehead atoms. The number of amides is 1. The van der Waals surface area contributed by atoms with Crippen LogP contribution in [0.15, 0.2) is 24.3 Å². The van der Waals surface area contributed by atoms with Crippen LogP contribution in [0.4, 0.5) is 0 Å². The molecule has 0 aromatic heterocycles. The average Bonchev–Trinajstić information content (AvgIpc) is 2.86. The van der Waals surface area contributed by atoms with E-state index >= 15 is 0 Å². The molecule has 0 aliphatic rings. The predicted molar refractivity (Wildman–Crippen MR) is 153 cm³/mol. The largest absolute Gasteiger partial charge is 0.394 e. The van der Waals surface area contributed by atoms with Crippen LogP contribution in [0, 0.1) is 0 Å². The number of aliphatic hydroxyl groups is 3. The Hall–Kier alpha value is -1.17. The molecule has 36 heavy (non-hydrogen) atoms. The van der Waals surface area contributed by atoms with Crippen molar-refractivity contribution in [2.45, 2.75) is 161 Å². The van der Waals surface area contributed by atoms with Crippen molar-refractivity contribution in [3.63, 3.8) is 0 Å². The average molecular weight is 510 g/mol. The standard InChI is InChI=1S/C31H59NO4/c1-3-5-7-9-11-13-14-15-17-18-20-22-24-28(34)26-31(36)32-29(27-33)30(35)25-23-21-19-16-12-10-8-6-4-2/h12,16,23,25,28-30,33-35H,3-11,13-15,17-22,24,26-27H2,1-2H3,(H,32,36)/b16-12+,25-23+. The molecular formula is C31H59NO4. The Bertz CT molecular complexity index is 535. The Kier molecular flexibility index (Phi) is 26.0. The van der Waals surface area contributed by atoms with Gasteiger partial charge in [-0.25, -0.2) is 0 Å². The van der Waals surface area contributed by atoms with E-state index in [0.29, 0.717) is 6.42 Å². The zero-order chi connectivity index (χ0) is 26.7. The monoisotopic (exact) mass is 509 g/mol. The fourth-order valence-electron chi connectivity index (χ4n) is 4.35. The number of rotatable bonds is 26. The lowest BCUT2D eigenvalue weighted by atomic mass is 10.0. The number of allylic oxidation sites excluding steroid dienone is 3. The van der Waals surface area contributed by atoms with Crippen LogP contribution in [-0.4, -0.2) is 46.1 Å². The summed E-state index contributed by atoms with van der Waals surface area (Å²) in [5.41, 5.74) is 0. The van der Waals surface area contributed by atoms with Gasteiger partial charge in [-0.1, -0.05) is 128 Å². The van der Waals surface area contributed by atoms with Crippen molar-refractivity contribution in [3.8, 4) is 0 Å². The Morgan fingerprint density at radius 1 is 0.694 bits per heavy atom. The highest BCUT2D eigenvalue weighted by Crippen LogP contribution is 2.14. The van der Waals surface area contributed by atoms with E-state index in [2.05, 4.69) is 31.3 Å². The normalized spacial score (nSPS) is 14.5. The fraction of sp³-hybridized carbons (Fsp3) is 0.839. The molecule has 3 atom stereocenters. The van der Waals surface area contributed by atoms with Crippen molar-refractivity contribution in [1.82, 2.24) is 5.32 Å². The Morgan fingerprint density at radius 3 is 1.78 bits per heavy atom. The van der Waals surface area contributed by atoms with E-state index in [1.54, 1.807) is 6.08 Å². The lowest BCUT2D eigenvalue weighted by Gasteiger charge is -2.21. The van der Waals surface area contributed by atoms with Gasteiger partial charge in [0.25, 0.3) is 0 Å². The summed E-state index contributed by atoms with van der Waals surface area (Å²) in [6.45, 7) is 4.11. The SMILES string of the molecule is CCCCC/C=C/CC/C=C/C(O)C(CO)NC(=O)CC(O)CCCCCCCCCCCCCC. The van der Waals surface area contributed by atoms with Gasteiger partial charge in [-0.3, -0.25) is 4.79 Å². The molecule has 0 aromatic rings. The van der Waals surface area contributed by atoms with Gasteiger partial charge in [0.15, 0.2) is 0 Å². The van der Waals surface area contributed by atoms with Crippen molar-refractivity contribution < 1.29 is 20.1 Å². The number of carbonyl (C=O) groups is 1. The van der Waals surface area contributed by atoms with Crippen LogP contribution in [0.25, 0.3) is 0 Å². The van der Waals surface area contributed by atoms with E-state index < -0.39 is 18.2 Å². The number of aliphatic hydroxyl groups excluding tert-OH is 3. The zero-order valence-electron chi connectivity index (χ0n) is 23.6. The zero-order valence-corrected chi connectivity index (χ0v) is 23.6. The lowest BCUT2D eigenvalue weighted by Crippen LogP contribution is -2.45.